The molecule has 4 rings (SSSR count). The molecule has 166 valence electrons. The molecule has 6 heteroatoms. The monoisotopic (exact) mass is 450 g/mol. The van der Waals surface area contributed by atoms with Crippen LogP contribution in [0.5, 0.6) is 0 Å². The van der Waals surface area contributed by atoms with Gasteiger partial charge in [-0.1, -0.05) is 57.2 Å². The highest BCUT2D eigenvalue weighted by Gasteiger charge is 2.44. The third-order valence-corrected chi connectivity index (χ3v) is 7.05. The Balaban J connectivity index is 1.54. The number of carbonyl (C=O) groups excluding carboxylic acids is 2. The summed E-state index contributed by atoms with van der Waals surface area (Å²) in [6, 6.07) is 14.4. The Kier molecular flexibility index (Phi) is 5.67. The highest BCUT2D eigenvalue weighted by atomic mass is 32.1. The van der Waals surface area contributed by atoms with Crippen LogP contribution in [-0.2, 0) is 10.2 Å². The van der Waals surface area contributed by atoms with E-state index in [1.54, 1.807) is 12.1 Å². The van der Waals surface area contributed by atoms with E-state index >= 15 is 0 Å². The van der Waals surface area contributed by atoms with Crippen LogP contribution < -0.4 is 11.1 Å². The maximum Gasteiger partial charge on any atom is 0.252 e. The number of benzene rings is 2. The van der Waals surface area contributed by atoms with Gasteiger partial charge in [0.05, 0.1) is 5.56 Å². The van der Waals surface area contributed by atoms with Gasteiger partial charge in [0, 0.05) is 16.4 Å². The van der Waals surface area contributed by atoms with E-state index in [9.17, 15) is 14.0 Å². The van der Waals surface area contributed by atoms with E-state index in [0.29, 0.717) is 16.1 Å². The largest absolute Gasteiger partial charge is 0.365 e. The van der Waals surface area contributed by atoms with Crippen LogP contribution in [0.4, 0.5) is 9.39 Å². The molecule has 1 fully saturated rings. The molecule has 3 N–H and O–H groups in total. The number of primary amides is 1. The first-order chi connectivity index (χ1) is 15.1. The number of carbonyl (C=O) groups is 2. The van der Waals surface area contributed by atoms with Crippen molar-refractivity contribution >= 4 is 28.2 Å². The molecule has 1 aliphatic carbocycles. The lowest BCUT2D eigenvalue weighted by Gasteiger charge is -2.19. The lowest BCUT2D eigenvalue weighted by Crippen LogP contribution is -2.18. The second-order valence-corrected chi connectivity index (χ2v) is 10.6. The summed E-state index contributed by atoms with van der Waals surface area (Å²) in [6.45, 7) is 8.39. The fourth-order valence-electron chi connectivity index (χ4n) is 4.12. The maximum absolute atomic E-state index is 13.3. The van der Waals surface area contributed by atoms with Gasteiger partial charge >= 0.3 is 0 Å². The minimum Gasteiger partial charge on any atom is -0.365 e. The van der Waals surface area contributed by atoms with Crippen LogP contribution in [0.15, 0.2) is 48.5 Å². The molecule has 4 nitrogen and oxygen atoms in total. The lowest BCUT2D eigenvalue weighted by atomic mass is 9.86. The molecule has 32 heavy (non-hydrogen) atoms. The molecule has 2 amide bonds. The fraction of sp³-hybridized carbons (Fsp3) is 0.308. The van der Waals surface area contributed by atoms with Crippen molar-refractivity contribution < 1.29 is 14.0 Å². The number of nitrogens with two attached hydrogens (primary N) is 1. The number of rotatable bonds is 5. The van der Waals surface area contributed by atoms with Gasteiger partial charge in [0.2, 0.25) is 5.91 Å². The summed E-state index contributed by atoms with van der Waals surface area (Å²) in [5, 5.41) is 3.39. The van der Waals surface area contributed by atoms with Crippen LogP contribution in [0.2, 0.25) is 0 Å². The molecular formula is C26H27FN2O2S. The number of halogens is 1. The van der Waals surface area contributed by atoms with Crippen LogP contribution in [-0.4, -0.2) is 11.8 Å². The number of hydrogen-bond acceptors (Lipinski definition) is 3. The average Bonchev–Trinajstić information content (AvgIpc) is 3.46. The zero-order valence-corrected chi connectivity index (χ0v) is 19.5. The summed E-state index contributed by atoms with van der Waals surface area (Å²) in [5.74, 6) is -1.03. The van der Waals surface area contributed by atoms with Crippen LogP contribution in [0.1, 0.15) is 59.5 Å². The summed E-state index contributed by atoms with van der Waals surface area (Å²) in [5.41, 5.74) is 9.79. The lowest BCUT2D eigenvalue weighted by molar-refractivity contribution is -0.117. The quantitative estimate of drug-likeness (QED) is 0.500. The van der Waals surface area contributed by atoms with Crippen molar-refractivity contribution in [1.82, 2.24) is 0 Å². The zero-order chi connectivity index (χ0) is 23.2. The van der Waals surface area contributed by atoms with E-state index < -0.39 is 5.91 Å². The predicted molar refractivity (Wildman–Crippen MR) is 128 cm³/mol. The first-order valence-electron chi connectivity index (χ1n) is 10.7. The van der Waals surface area contributed by atoms with Gasteiger partial charge in [0.15, 0.2) is 0 Å². The van der Waals surface area contributed by atoms with Gasteiger partial charge in [0.25, 0.3) is 5.91 Å². The molecule has 1 aliphatic rings. The number of nitrogens with one attached hydrogen (secondary N) is 1. The molecule has 3 aromatic rings. The van der Waals surface area contributed by atoms with Crippen LogP contribution >= 0.6 is 11.3 Å². The molecule has 2 atom stereocenters. The van der Waals surface area contributed by atoms with Crippen molar-refractivity contribution in [3.8, 4) is 11.1 Å². The molecule has 0 radical (unpaired) electrons. The molecule has 1 aromatic heterocycles. The summed E-state index contributed by atoms with van der Waals surface area (Å²) >= 11 is 1.32. The van der Waals surface area contributed by atoms with Gasteiger partial charge in [-0.15, -0.1) is 11.3 Å². The van der Waals surface area contributed by atoms with Gasteiger partial charge in [-0.05, 0) is 53.5 Å². The maximum atomic E-state index is 13.3. The number of thiophene rings is 1. The number of hydrogen-bond donors (Lipinski definition) is 2. The average molecular weight is 451 g/mol. The Morgan fingerprint density at radius 3 is 2.25 bits per heavy atom. The van der Waals surface area contributed by atoms with E-state index in [1.165, 1.54) is 29.0 Å². The van der Waals surface area contributed by atoms with E-state index in [2.05, 4.69) is 50.4 Å². The SMILES string of the molecule is Cc1sc(NC(=O)C2CC2c2ccc(C(C)(C)C)cc2)c(C(N)=O)c1-c1ccc(F)cc1. The van der Waals surface area contributed by atoms with E-state index in [4.69, 9.17) is 5.73 Å². The predicted octanol–water partition coefficient (Wildman–Crippen LogP) is 6.00. The number of anilines is 1. The highest BCUT2D eigenvalue weighted by molar-refractivity contribution is 7.17. The normalized spacial score (nSPS) is 17.8. The smallest absolute Gasteiger partial charge is 0.252 e. The number of amides is 2. The summed E-state index contributed by atoms with van der Waals surface area (Å²) in [4.78, 5) is 26.1. The molecule has 2 unspecified atom stereocenters. The van der Waals surface area contributed by atoms with Crippen molar-refractivity contribution in [3.05, 3.63) is 75.9 Å². The molecule has 0 aliphatic heterocycles. The molecule has 0 saturated heterocycles. The van der Waals surface area contributed by atoms with Gasteiger partial charge in [-0.2, -0.15) is 0 Å². The van der Waals surface area contributed by atoms with Crippen molar-refractivity contribution in [2.75, 3.05) is 5.32 Å². The first-order valence-corrected chi connectivity index (χ1v) is 11.5. The van der Waals surface area contributed by atoms with Crippen molar-refractivity contribution in [3.63, 3.8) is 0 Å². The Morgan fingerprint density at radius 1 is 1.06 bits per heavy atom. The van der Waals surface area contributed by atoms with Crippen molar-refractivity contribution in [1.29, 1.82) is 0 Å². The highest BCUT2D eigenvalue weighted by Crippen LogP contribution is 2.49. The van der Waals surface area contributed by atoms with Gasteiger partial charge in [-0.3, -0.25) is 9.59 Å². The van der Waals surface area contributed by atoms with Crippen LogP contribution in [0, 0.1) is 18.7 Å². The molecular weight excluding hydrogens is 423 g/mol. The molecule has 0 bridgehead atoms. The van der Waals surface area contributed by atoms with Crippen LogP contribution in [0.3, 0.4) is 0 Å². The standard InChI is InChI=1S/C26H27FN2O2S/c1-14-21(16-7-11-18(27)12-8-16)22(23(28)30)25(32-14)29-24(31)20-13-19(20)15-5-9-17(10-6-15)26(2,3)4/h5-12,19-20H,13H2,1-4H3,(H2,28,30)(H,29,31). The van der Waals surface area contributed by atoms with Crippen LogP contribution in [0.25, 0.3) is 11.1 Å². The third-order valence-electron chi connectivity index (χ3n) is 6.03. The first kappa shape index (κ1) is 22.2. The van der Waals surface area contributed by atoms with E-state index in [-0.39, 0.29) is 34.5 Å². The molecule has 2 aromatic carbocycles. The third kappa shape index (κ3) is 4.32. The van der Waals surface area contributed by atoms with Gasteiger partial charge < -0.3 is 11.1 Å². The molecule has 0 spiro atoms. The zero-order valence-electron chi connectivity index (χ0n) is 18.7. The van der Waals surface area contributed by atoms with Gasteiger partial charge in [0.1, 0.15) is 10.8 Å². The minimum absolute atomic E-state index is 0.0866. The Bertz CT molecular complexity index is 1170. The summed E-state index contributed by atoms with van der Waals surface area (Å²) in [7, 11) is 0. The second-order valence-electron chi connectivity index (χ2n) is 9.42. The second kappa shape index (κ2) is 8.17. The molecule has 1 heterocycles. The Labute approximate surface area is 191 Å². The van der Waals surface area contributed by atoms with E-state index in [0.717, 1.165) is 16.9 Å². The fourth-order valence-corrected chi connectivity index (χ4v) is 5.20. The van der Waals surface area contributed by atoms with Gasteiger partial charge in [-0.25, -0.2) is 4.39 Å². The summed E-state index contributed by atoms with van der Waals surface area (Å²) in [6.07, 6.45) is 0.780. The number of aryl methyl sites for hydroxylation is 1. The van der Waals surface area contributed by atoms with E-state index in [1.807, 2.05) is 6.92 Å². The summed E-state index contributed by atoms with van der Waals surface area (Å²) < 4.78 is 13.3. The Morgan fingerprint density at radius 2 is 1.69 bits per heavy atom. The van der Waals surface area contributed by atoms with Crippen molar-refractivity contribution in [2.45, 2.75) is 45.4 Å². The molecule has 1 saturated carbocycles. The van der Waals surface area contributed by atoms with Crippen molar-refractivity contribution in [2.24, 2.45) is 11.7 Å². The minimum atomic E-state index is -0.617. The Hall–Kier alpha value is -2.99. The topological polar surface area (TPSA) is 72.2 Å².